The van der Waals surface area contributed by atoms with Crippen molar-refractivity contribution >= 4 is 5.82 Å². The number of β-amino-alcohol motifs (C(OH)–C–C–N with tert-alkyl or cyclic N) is 1. The number of rotatable bonds is 9. The molecule has 34 heavy (non-hydrogen) atoms. The van der Waals surface area contributed by atoms with Gasteiger partial charge in [0.05, 0.1) is 12.7 Å². The molecule has 0 aliphatic carbocycles. The van der Waals surface area contributed by atoms with E-state index in [9.17, 15) is 9.50 Å². The number of hydrogen-bond donors (Lipinski definition) is 1. The first kappa shape index (κ1) is 24.3. The molecule has 1 atom stereocenters. The Labute approximate surface area is 201 Å². The summed E-state index contributed by atoms with van der Waals surface area (Å²) in [6.45, 7) is 6.35. The fraction of sp³-hybridized carbons (Fsp3) is 0.407. The number of aliphatic hydroxyl groups excluding tert-OH is 1. The van der Waals surface area contributed by atoms with Crippen molar-refractivity contribution in [1.29, 1.82) is 0 Å². The summed E-state index contributed by atoms with van der Waals surface area (Å²) in [7, 11) is 1.61. The number of piperazine rings is 1. The summed E-state index contributed by atoms with van der Waals surface area (Å²) in [4.78, 5) is 14.6. The molecule has 1 N–H and O–H groups in total. The molecule has 1 saturated heterocycles. The van der Waals surface area contributed by atoms with Crippen LogP contribution < -0.4 is 4.90 Å². The highest BCUT2D eigenvalue weighted by Crippen LogP contribution is 2.29. The van der Waals surface area contributed by atoms with Gasteiger partial charge in [0, 0.05) is 63.1 Å². The normalized spacial score (nSPS) is 15.5. The van der Waals surface area contributed by atoms with Crippen molar-refractivity contribution in [2.45, 2.75) is 25.9 Å². The Morgan fingerprint density at radius 3 is 2.35 bits per heavy atom. The first-order valence-electron chi connectivity index (χ1n) is 11.9. The summed E-state index contributed by atoms with van der Waals surface area (Å²) in [5.41, 5.74) is 4.15. The highest BCUT2D eigenvalue weighted by Gasteiger charge is 2.24. The number of halogens is 1. The van der Waals surface area contributed by atoms with Gasteiger partial charge in [0.2, 0.25) is 0 Å². The van der Waals surface area contributed by atoms with E-state index < -0.39 is 6.10 Å². The van der Waals surface area contributed by atoms with E-state index in [0.29, 0.717) is 19.6 Å². The van der Waals surface area contributed by atoms with Crippen molar-refractivity contribution in [3.63, 3.8) is 0 Å². The minimum absolute atomic E-state index is 0.234. The molecule has 3 aromatic rings. The lowest BCUT2D eigenvalue weighted by Crippen LogP contribution is -2.49. The average Bonchev–Trinajstić information content (AvgIpc) is 2.86. The molecular formula is C27H33FN4O2. The molecule has 2 aromatic carbocycles. The van der Waals surface area contributed by atoms with E-state index in [1.165, 1.54) is 12.1 Å². The van der Waals surface area contributed by atoms with Crippen LogP contribution in [0.2, 0.25) is 0 Å². The van der Waals surface area contributed by atoms with Crippen molar-refractivity contribution in [2.24, 2.45) is 0 Å². The lowest BCUT2D eigenvalue weighted by Gasteiger charge is -2.37. The van der Waals surface area contributed by atoms with Crippen LogP contribution in [0, 0.1) is 5.82 Å². The lowest BCUT2D eigenvalue weighted by atomic mass is 10.0. The largest absolute Gasteiger partial charge is 0.389 e. The van der Waals surface area contributed by atoms with E-state index in [-0.39, 0.29) is 5.82 Å². The number of hydrogen-bond acceptors (Lipinski definition) is 6. The van der Waals surface area contributed by atoms with E-state index in [0.717, 1.165) is 66.6 Å². The minimum atomic E-state index is -0.485. The third-order valence-electron chi connectivity index (χ3n) is 6.23. The number of aliphatic hydroxyl groups is 1. The second-order valence-corrected chi connectivity index (χ2v) is 8.72. The Bertz CT molecular complexity index is 1050. The Balaban J connectivity index is 1.65. The van der Waals surface area contributed by atoms with Gasteiger partial charge in [-0.2, -0.15) is 0 Å². The van der Waals surface area contributed by atoms with E-state index in [1.54, 1.807) is 7.11 Å². The van der Waals surface area contributed by atoms with Gasteiger partial charge in [0.25, 0.3) is 0 Å². The Morgan fingerprint density at radius 1 is 1.00 bits per heavy atom. The molecule has 2 heterocycles. The zero-order valence-corrected chi connectivity index (χ0v) is 20.0. The van der Waals surface area contributed by atoms with Crippen molar-refractivity contribution in [3.05, 3.63) is 77.2 Å². The molecule has 180 valence electrons. The summed E-state index contributed by atoms with van der Waals surface area (Å²) in [5, 5.41) is 10.1. The quantitative estimate of drug-likeness (QED) is 0.523. The van der Waals surface area contributed by atoms with Gasteiger partial charge in [-0.1, -0.05) is 49.4 Å². The highest BCUT2D eigenvalue weighted by atomic mass is 19.1. The van der Waals surface area contributed by atoms with Crippen LogP contribution in [0.1, 0.15) is 23.7 Å². The molecule has 1 unspecified atom stereocenters. The molecule has 1 aromatic heterocycles. The Morgan fingerprint density at radius 2 is 1.71 bits per heavy atom. The van der Waals surface area contributed by atoms with Gasteiger partial charge in [-0.15, -0.1) is 0 Å². The average molecular weight is 465 g/mol. The number of benzene rings is 2. The van der Waals surface area contributed by atoms with Gasteiger partial charge < -0.3 is 14.7 Å². The molecule has 0 amide bonds. The number of anilines is 1. The lowest BCUT2D eigenvalue weighted by molar-refractivity contribution is 0.0365. The van der Waals surface area contributed by atoms with Crippen LogP contribution in [-0.2, 0) is 17.6 Å². The molecule has 1 fully saturated rings. The molecule has 6 nitrogen and oxygen atoms in total. The second kappa shape index (κ2) is 11.5. The standard InChI is InChI=1S/C27H33FN4O2/c1-3-25-24(17-20-9-11-22(28)12-10-20)27(30-26(29-25)21-7-5-4-6-8-21)32-15-13-31(14-16-32)18-23(33)19-34-2/h4-12,23,33H,3,13-19H2,1-2H3. The Kier molecular flexibility index (Phi) is 8.21. The number of aryl methyl sites for hydroxylation is 1. The molecule has 0 radical (unpaired) electrons. The number of methoxy groups -OCH3 is 1. The SMILES string of the molecule is CCc1nc(-c2ccccc2)nc(N2CCN(CC(O)COC)CC2)c1Cc1ccc(F)cc1. The minimum Gasteiger partial charge on any atom is -0.389 e. The van der Waals surface area contributed by atoms with Crippen LogP contribution in [0.25, 0.3) is 11.4 Å². The summed E-state index contributed by atoms with van der Waals surface area (Å²) in [6, 6.07) is 16.7. The molecular weight excluding hydrogens is 431 g/mol. The zero-order chi connectivity index (χ0) is 23.9. The maximum Gasteiger partial charge on any atom is 0.161 e. The van der Waals surface area contributed by atoms with E-state index in [4.69, 9.17) is 14.7 Å². The van der Waals surface area contributed by atoms with Crippen LogP contribution in [0.4, 0.5) is 10.2 Å². The van der Waals surface area contributed by atoms with Crippen LogP contribution in [0.15, 0.2) is 54.6 Å². The topological polar surface area (TPSA) is 61.7 Å². The fourth-order valence-corrected chi connectivity index (χ4v) is 4.46. The summed E-state index contributed by atoms with van der Waals surface area (Å²) < 4.78 is 18.6. The number of ether oxygens (including phenoxy) is 1. The first-order chi connectivity index (χ1) is 16.6. The molecule has 1 aliphatic heterocycles. The molecule has 0 saturated carbocycles. The number of nitrogens with zero attached hydrogens (tertiary/aromatic N) is 4. The predicted octanol–water partition coefficient (Wildman–Crippen LogP) is 3.57. The van der Waals surface area contributed by atoms with Gasteiger partial charge >= 0.3 is 0 Å². The smallest absolute Gasteiger partial charge is 0.161 e. The summed E-state index contributed by atoms with van der Waals surface area (Å²) in [6.07, 6.45) is 0.955. The molecule has 4 rings (SSSR count). The first-order valence-corrected chi connectivity index (χ1v) is 11.9. The van der Waals surface area contributed by atoms with Gasteiger partial charge in [0.15, 0.2) is 5.82 Å². The van der Waals surface area contributed by atoms with E-state index >= 15 is 0 Å². The molecule has 1 aliphatic rings. The molecule has 7 heteroatoms. The van der Waals surface area contributed by atoms with Crippen molar-refractivity contribution in [1.82, 2.24) is 14.9 Å². The van der Waals surface area contributed by atoms with Gasteiger partial charge in [-0.25, -0.2) is 14.4 Å². The van der Waals surface area contributed by atoms with Gasteiger partial charge in [-0.05, 0) is 24.1 Å². The van der Waals surface area contributed by atoms with E-state index in [1.807, 2.05) is 42.5 Å². The van der Waals surface area contributed by atoms with E-state index in [2.05, 4.69) is 16.7 Å². The van der Waals surface area contributed by atoms with Crippen LogP contribution >= 0.6 is 0 Å². The van der Waals surface area contributed by atoms with Crippen LogP contribution in [0.3, 0.4) is 0 Å². The van der Waals surface area contributed by atoms with Gasteiger partial charge in [-0.3, -0.25) is 4.90 Å². The monoisotopic (exact) mass is 464 g/mol. The van der Waals surface area contributed by atoms with Crippen LogP contribution in [0.5, 0.6) is 0 Å². The van der Waals surface area contributed by atoms with Gasteiger partial charge in [0.1, 0.15) is 11.6 Å². The molecule has 0 spiro atoms. The maximum absolute atomic E-state index is 13.5. The van der Waals surface area contributed by atoms with Crippen LogP contribution in [-0.4, -0.2) is 72.5 Å². The summed E-state index contributed by atoms with van der Waals surface area (Å²) >= 11 is 0. The molecule has 0 bridgehead atoms. The fourth-order valence-electron chi connectivity index (χ4n) is 4.46. The Hall–Kier alpha value is -2.87. The number of aromatic nitrogens is 2. The van der Waals surface area contributed by atoms with Crippen molar-refractivity contribution in [3.8, 4) is 11.4 Å². The predicted molar refractivity (Wildman–Crippen MR) is 133 cm³/mol. The summed E-state index contributed by atoms with van der Waals surface area (Å²) in [5.74, 6) is 1.45. The zero-order valence-electron chi connectivity index (χ0n) is 20.0. The van der Waals surface area contributed by atoms with Crippen molar-refractivity contribution < 1.29 is 14.2 Å². The third kappa shape index (κ3) is 5.97. The maximum atomic E-state index is 13.5. The highest BCUT2D eigenvalue weighted by molar-refractivity contribution is 5.61. The second-order valence-electron chi connectivity index (χ2n) is 8.72. The third-order valence-corrected chi connectivity index (χ3v) is 6.23. The van der Waals surface area contributed by atoms with Crippen molar-refractivity contribution in [2.75, 3.05) is 51.3 Å².